The van der Waals surface area contributed by atoms with E-state index in [2.05, 4.69) is 46.1 Å². The quantitative estimate of drug-likeness (QED) is 0.312. The highest BCUT2D eigenvalue weighted by Crippen LogP contribution is 2.28. The van der Waals surface area contributed by atoms with Gasteiger partial charge in [-0.25, -0.2) is 9.66 Å². The van der Waals surface area contributed by atoms with Crippen molar-refractivity contribution >= 4 is 22.7 Å². The third-order valence-electron chi connectivity index (χ3n) is 5.11. The smallest absolute Gasteiger partial charge is 0.258 e. The summed E-state index contributed by atoms with van der Waals surface area (Å²) in [6, 6.07) is 13.5. The number of aromatic nitrogens is 5. The molecule has 32 heavy (non-hydrogen) atoms. The third-order valence-corrected chi connectivity index (χ3v) is 6.06. The standard InChI is InChI=1S/C23H26N6O2S/c1-14(2)16-9-8-15(3)12-19(16)31-13-21-27-28-23(29(21)24)32-11-10-20-25-18-7-5-4-6-17(18)22(30)26-20/h4-9,12,14H,10-11,13,24H2,1-3H3,(H,25,26,30). The van der Waals surface area contributed by atoms with Crippen molar-refractivity contribution in [2.24, 2.45) is 0 Å². The molecule has 9 heteroatoms. The molecule has 2 aromatic carbocycles. The van der Waals surface area contributed by atoms with Crippen LogP contribution in [0.2, 0.25) is 0 Å². The maximum atomic E-state index is 12.2. The fourth-order valence-electron chi connectivity index (χ4n) is 3.38. The fourth-order valence-corrected chi connectivity index (χ4v) is 4.20. The SMILES string of the molecule is Cc1ccc(C(C)C)c(OCc2nnc(SCCc3nc4ccccc4c(=O)[nH]3)n2N)c1. The Hall–Kier alpha value is -3.33. The van der Waals surface area contributed by atoms with Crippen LogP contribution in [0.3, 0.4) is 0 Å². The molecule has 8 nitrogen and oxygen atoms in total. The zero-order valence-corrected chi connectivity index (χ0v) is 19.1. The number of ether oxygens (including phenoxy) is 1. The number of benzene rings is 2. The van der Waals surface area contributed by atoms with Gasteiger partial charge >= 0.3 is 0 Å². The van der Waals surface area contributed by atoms with Crippen LogP contribution in [0.15, 0.2) is 52.4 Å². The zero-order valence-electron chi connectivity index (χ0n) is 18.3. The molecule has 0 unspecified atom stereocenters. The second-order valence-corrected chi connectivity index (χ2v) is 8.94. The van der Waals surface area contributed by atoms with E-state index in [0.29, 0.717) is 45.8 Å². The van der Waals surface area contributed by atoms with E-state index in [4.69, 9.17) is 10.6 Å². The van der Waals surface area contributed by atoms with E-state index in [9.17, 15) is 4.79 Å². The van der Waals surface area contributed by atoms with Gasteiger partial charge in [0.1, 0.15) is 18.2 Å². The highest BCUT2D eigenvalue weighted by Gasteiger charge is 2.14. The lowest BCUT2D eigenvalue weighted by atomic mass is 10.0. The van der Waals surface area contributed by atoms with E-state index in [1.54, 1.807) is 6.07 Å². The number of nitrogen functional groups attached to an aromatic ring is 1. The van der Waals surface area contributed by atoms with E-state index < -0.39 is 0 Å². The van der Waals surface area contributed by atoms with Crippen molar-refractivity contribution in [1.82, 2.24) is 24.8 Å². The molecule has 2 aromatic heterocycles. The number of aromatic amines is 1. The summed E-state index contributed by atoms with van der Waals surface area (Å²) in [5.74, 6) is 9.20. The monoisotopic (exact) mass is 450 g/mol. The Bertz CT molecular complexity index is 1300. The first-order chi connectivity index (χ1) is 15.4. The minimum Gasteiger partial charge on any atom is -0.485 e. The highest BCUT2D eigenvalue weighted by molar-refractivity contribution is 7.99. The predicted molar refractivity (Wildman–Crippen MR) is 127 cm³/mol. The molecule has 0 aliphatic carbocycles. The minimum atomic E-state index is -0.131. The summed E-state index contributed by atoms with van der Waals surface area (Å²) in [6.07, 6.45) is 0.574. The number of para-hydroxylation sites is 1. The van der Waals surface area contributed by atoms with Crippen molar-refractivity contribution in [1.29, 1.82) is 0 Å². The molecule has 3 N–H and O–H groups in total. The summed E-state index contributed by atoms with van der Waals surface area (Å²) in [4.78, 5) is 19.6. The van der Waals surface area contributed by atoms with Crippen molar-refractivity contribution in [3.8, 4) is 5.75 Å². The summed E-state index contributed by atoms with van der Waals surface area (Å²) < 4.78 is 7.48. The summed E-state index contributed by atoms with van der Waals surface area (Å²) in [6.45, 7) is 6.53. The van der Waals surface area contributed by atoms with E-state index in [-0.39, 0.29) is 12.2 Å². The van der Waals surface area contributed by atoms with Gasteiger partial charge in [0.05, 0.1) is 10.9 Å². The van der Waals surface area contributed by atoms with Gasteiger partial charge in [0, 0.05) is 12.2 Å². The van der Waals surface area contributed by atoms with E-state index in [0.717, 1.165) is 16.9 Å². The number of nitrogens with one attached hydrogen (secondary N) is 1. The molecule has 0 aliphatic rings. The Morgan fingerprint density at radius 1 is 1.19 bits per heavy atom. The molecule has 0 saturated heterocycles. The molecule has 166 valence electrons. The number of fused-ring (bicyclic) bond motifs is 1. The Labute approximate surface area is 190 Å². The molecule has 0 spiro atoms. The third kappa shape index (κ3) is 4.77. The van der Waals surface area contributed by atoms with E-state index >= 15 is 0 Å². The van der Waals surface area contributed by atoms with Crippen molar-refractivity contribution in [3.63, 3.8) is 0 Å². The largest absolute Gasteiger partial charge is 0.485 e. The van der Waals surface area contributed by atoms with Crippen LogP contribution in [0, 0.1) is 6.92 Å². The number of hydrogen-bond donors (Lipinski definition) is 2. The van der Waals surface area contributed by atoms with E-state index in [1.807, 2.05) is 31.2 Å². The average Bonchev–Trinajstić information content (AvgIpc) is 3.11. The molecule has 4 aromatic rings. The van der Waals surface area contributed by atoms with Crippen LogP contribution in [-0.2, 0) is 13.0 Å². The first kappa shape index (κ1) is 21.9. The van der Waals surface area contributed by atoms with Crippen LogP contribution in [0.4, 0.5) is 0 Å². The minimum absolute atomic E-state index is 0.131. The Morgan fingerprint density at radius 2 is 2.00 bits per heavy atom. The van der Waals surface area contributed by atoms with Crippen molar-refractivity contribution < 1.29 is 4.74 Å². The van der Waals surface area contributed by atoms with Crippen LogP contribution < -0.4 is 16.1 Å². The van der Waals surface area contributed by atoms with Crippen LogP contribution in [0.5, 0.6) is 5.75 Å². The summed E-state index contributed by atoms with van der Waals surface area (Å²) in [5, 5.41) is 9.53. The topological polar surface area (TPSA) is 112 Å². The summed E-state index contributed by atoms with van der Waals surface area (Å²) >= 11 is 1.45. The lowest BCUT2D eigenvalue weighted by molar-refractivity contribution is 0.287. The normalized spacial score (nSPS) is 11.4. The molecule has 0 atom stereocenters. The Morgan fingerprint density at radius 3 is 2.81 bits per heavy atom. The van der Waals surface area contributed by atoms with Gasteiger partial charge in [-0.1, -0.05) is 49.9 Å². The Kier molecular flexibility index (Phi) is 6.45. The zero-order chi connectivity index (χ0) is 22.7. The van der Waals surface area contributed by atoms with Crippen LogP contribution >= 0.6 is 11.8 Å². The van der Waals surface area contributed by atoms with Gasteiger partial charge in [-0.3, -0.25) is 4.79 Å². The molecule has 0 saturated carbocycles. The maximum absolute atomic E-state index is 12.2. The lowest BCUT2D eigenvalue weighted by Crippen LogP contribution is -2.16. The molecule has 0 fully saturated rings. The molecule has 0 aliphatic heterocycles. The average molecular weight is 451 g/mol. The summed E-state index contributed by atoms with van der Waals surface area (Å²) in [5.41, 5.74) is 2.84. The Balaban J connectivity index is 1.39. The number of thioether (sulfide) groups is 1. The number of nitrogens with two attached hydrogens (primary N) is 1. The van der Waals surface area contributed by atoms with E-state index in [1.165, 1.54) is 16.4 Å². The number of aryl methyl sites for hydroxylation is 2. The fraction of sp³-hybridized carbons (Fsp3) is 0.304. The van der Waals surface area contributed by atoms with Crippen molar-refractivity contribution in [3.05, 3.63) is 75.6 Å². The molecular weight excluding hydrogens is 424 g/mol. The summed E-state index contributed by atoms with van der Waals surface area (Å²) in [7, 11) is 0. The molecule has 2 heterocycles. The van der Waals surface area contributed by atoms with Gasteiger partial charge in [0.2, 0.25) is 5.16 Å². The first-order valence-electron chi connectivity index (χ1n) is 10.5. The maximum Gasteiger partial charge on any atom is 0.258 e. The molecule has 0 radical (unpaired) electrons. The van der Waals surface area contributed by atoms with Crippen LogP contribution in [0.1, 0.15) is 42.5 Å². The predicted octanol–water partition coefficient (Wildman–Crippen LogP) is 3.57. The van der Waals surface area contributed by atoms with Crippen molar-refractivity contribution in [2.45, 2.75) is 44.9 Å². The molecular formula is C23H26N6O2S. The number of rotatable bonds is 8. The lowest BCUT2D eigenvalue weighted by Gasteiger charge is -2.14. The molecule has 0 amide bonds. The van der Waals surface area contributed by atoms with Gasteiger partial charge < -0.3 is 15.6 Å². The first-order valence-corrected chi connectivity index (χ1v) is 11.4. The number of H-pyrrole nitrogens is 1. The number of hydrogen-bond acceptors (Lipinski definition) is 7. The van der Waals surface area contributed by atoms with Gasteiger partial charge in [-0.2, -0.15) is 0 Å². The highest BCUT2D eigenvalue weighted by atomic mass is 32.2. The van der Waals surface area contributed by atoms with Gasteiger partial charge in [0.15, 0.2) is 5.82 Å². The van der Waals surface area contributed by atoms with Crippen molar-refractivity contribution in [2.75, 3.05) is 11.6 Å². The second-order valence-electron chi connectivity index (χ2n) is 7.88. The molecule has 0 bridgehead atoms. The van der Waals surface area contributed by atoms with Crippen LogP contribution in [0.25, 0.3) is 10.9 Å². The van der Waals surface area contributed by atoms with Gasteiger partial charge in [0.25, 0.3) is 5.56 Å². The second kappa shape index (κ2) is 9.44. The van der Waals surface area contributed by atoms with Crippen LogP contribution in [-0.4, -0.2) is 30.6 Å². The van der Waals surface area contributed by atoms with Gasteiger partial charge in [-0.05, 0) is 42.2 Å². The number of nitrogens with zero attached hydrogens (tertiary/aromatic N) is 4. The molecule has 4 rings (SSSR count). The van der Waals surface area contributed by atoms with Gasteiger partial charge in [-0.15, -0.1) is 10.2 Å².